The monoisotopic (exact) mass is 358 g/mol. The van der Waals surface area contributed by atoms with Crippen LogP contribution in [0.1, 0.15) is 31.4 Å². The Kier molecular flexibility index (Phi) is 5.23. The lowest BCUT2D eigenvalue weighted by Gasteiger charge is -2.32. The molecule has 1 fully saturated rings. The number of carbonyl (C=O) groups is 1. The number of amides is 1. The molecule has 132 valence electrons. The summed E-state index contributed by atoms with van der Waals surface area (Å²) in [6.45, 7) is 3.17. The predicted molar refractivity (Wildman–Crippen MR) is 101 cm³/mol. The minimum Gasteiger partial charge on any atom is -0.347 e. The van der Waals surface area contributed by atoms with Gasteiger partial charge in [-0.05, 0) is 30.5 Å². The van der Waals surface area contributed by atoms with Crippen molar-refractivity contribution in [2.45, 2.75) is 25.7 Å². The van der Waals surface area contributed by atoms with Crippen LogP contribution in [0.25, 0.3) is 11.1 Å². The van der Waals surface area contributed by atoms with Crippen LogP contribution in [0.2, 0.25) is 5.02 Å². The average molecular weight is 359 g/mol. The molecular weight excluding hydrogens is 336 g/mol. The lowest BCUT2D eigenvalue weighted by atomic mass is 9.90. The molecule has 0 saturated carbocycles. The molecule has 0 spiro atoms. The average Bonchev–Trinajstić information content (AvgIpc) is 2.62. The molecule has 0 bridgehead atoms. The van der Waals surface area contributed by atoms with Gasteiger partial charge in [0.2, 0.25) is 11.9 Å². The number of nitrogens with zero attached hydrogens (tertiary/aromatic N) is 4. The van der Waals surface area contributed by atoms with Crippen LogP contribution in [0.15, 0.2) is 30.5 Å². The van der Waals surface area contributed by atoms with Gasteiger partial charge in [-0.1, -0.05) is 23.7 Å². The maximum atomic E-state index is 11.8. The van der Waals surface area contributed by atoms with Crippen LogP contribution in [0.3, 0.4) is 0 Å². The van der Waals surface area contributed by atoms with Gasteiger partial charge in [0.1, 0.15) is 0 Å². The Morgan fingerprint density at radius 3 is 2.64 bits per heavy atom. The Morgan fingerprint density at radius 2 is 2.00 bits per heavy atom. The van der Waals surface area contributed by atoms with E-state index < -0.39 is 0 Å². The molecule has 5 nitrogen and oxygen atoms in total. The number of hydrogen-bond donors (Lipinski definition) is 0. The summed E-state index contributed by atoms with van der Waals surface area (Å²) in [4.78, 5) is 25.0. The summed E-state index contributed by atoms with van der Waals surface area (Å²) in [5, 5.41) is 0.705. The number of rotatable bonds is 3. The topological polar surface area (TPSA) is 49.3 Å². The van der Waals surface area contributed by atoms with E-state index in [1.54, 1.807) is 6.92 Å². The summed E-state index contributed by atoms with van der Waals surface area (Å²) in [7, 11) is 3.87. The van der Waals surface area contributed by atoms with Crippen molar-refractivity contribution in [2.75, 3.05) is 32.1 Å². The van der Waals surface area contributed by atoms with Crippen LogP contribution >= 0.6 is 11.6 Å². The molecule has 2 aromatic rings. The zero-order chi connectivity index (χ0) is 18.0. The third kappa shape index (κ3) is 3.93. The molecule has 1 saturated heterocycles. The lowest BCUT2D eigenvalue weighted by Crippen LogP contribution is -2.38. The highest BCUT2D eigenvalue weighted by Crippen LogP contribution is 2.34. The van der Waals surface area contributed by atoms with E-state index in [2.05, 4.69) is 4.98 Å². The standard InChI is InChI=1S/C19H23ClN4O/c1-13(25)24-10-4-5-15(12-24)18-17(11-21-19(22-18)23(2)3)14-6-8-16(20)9-7-14/h6-9,11,15H,4-5,10,12H2,1-3H3/t15-/m0/s1. The van der Waals surface area contributed by atoms with Crippen molar-refractivity contribution in [1.82, 2.24) is 14.9 Å². The van der Waals surface area contributed by atoms with Gasteiger partial charge in [0.05, 0.1) is 5.69 Å². The second-order valence-corrected chi connectivity index (χ2v) is 7.11. The van der Waals surface area contributed by atoms with E-state index >= 15 is 0 Å². The third-order valence-electron chi connectivity index (χ3n) is 4.61. The maximum absolute atomic E-state index is 11.8. The maximum Gasteiger partial charge on any atom is 0.225 e. The van der Waals surface area contributed by atoms with Crippen LogP contribution < -0.4 is 4.90 Å². The lowest BCUT2D eigenvalue weighted by molar-refractivity contribution is -0.130. The van der Waals surface area contributed by atoms with E-state index in [4.69, 9.17) is 16.6 Å². The molecule has 0 aliphatic carbocycles. The van der Waals surface area contributed by atoms with Gasteiger partial charge < -0.3 is 9.80 Å². The van der Waals surface area contributed by atoms with Crippen molar-refractivity contribution < 1.29 is 4.79 Å². The largest absolute Gasteiger partial charge is 0.347 e. The number of hydrogen-bond acceptors (Lipinski definition) is 4. The Bertz CT molecular complexity index is 761. The van der Waals surface area contributed by atoms with Gasteiger partial charge in [-0.2, -0.15) is 0 Å². The van der Waals surface area contributed by atoms with Gasteiger partial charge >= 0.3 is 0 Å². The van der Waals surface area contributed by atoms with E-state index in [0.29, 0.717) is 17.5 Å². The minimum atomic E-state index is 0.125. The molecular formula is C19H23ClN4O. The second kappa shape index (κ2) is 7.40. The van der Waals surface area contributed by atoms with Gasteiger partial charge in [0.15, 0.2) is 0 Å². The summed E-state index contributed by atoms with van der Waals surface area (Å²) < 4.78 is 0. The van der Waals surface area contributed by atoms with Crippen molar-refractivity contribution in [3.63, 3.8) is 0 Å². The normalized spacial score (nSPS) is 17.4. The molecule has 3 rings (SSSR count). The van der Waals surface area contributed by atoms with Gasteiger partial charge in [-0.25, -0.2) is 9.97 Å². The quantitative estimate of drug-likeness (QED) is 0.841. The highest BCUT2D eigenvalue weighted by molar-refractivity contribution is 6.30. The van der Waals surface area contributed by atoms with Crippen molar-refractivity contribution in [3.8, 4) is 11.1 Å². The molecule has 1 aromatic heterocycles. The first kappa shape index (κ1) is 17.7. The zero-order valence-corrected chi connectivity index (χ0v) is 15.6. The first-order valence-electron chi connectivity index (χ1n) is 8.51. The van der Waals surface area contributed by atoms with Gasteiger partial charge in [-0.15, -0.1) is 0 Å². The molecule has 0 radical (unpaired) electrons. The summed E-state index contributed by atoms with van der Waals surface area (Å²) in [5.41, 5.74) is 3.06. The van der Waals surface area contributed by atoms with Crippen molar-refractivity contribution in [1.29, 1.82) is 0 Å². The van der Waals surface area contributed by atoms with E-state index in [1.807, 2.05) is 54.4 Å². The van der Waals surface area contributed by atoms with Crippen LogP contribution in [-0.2, 0) is 4.79 Å². The van der Waals surface area contributed by atoms with Crippen LogP contribution in [0, 0.1) is 0 Å². The molecule has 1 amide bonds. The van der Waals surface area contributed by atoms with Gasteiger partial charge in [0, 0.05) is 56.8 Å². The molecule has 25 heavy (non-hydrogen) atoms. The number of halogens is 1. The van der Waals surface area contributed by atoms with Gasteiger partial charge in [0.25, 0.3) is 0 Å². The summed E-state index contributed by atoms with van der Waals surface area (Å²) >= 11 is 6.03. The fraction of sp³-hybridized carbons (Fsp3) is 0.421. The molecule has 1 aliphatic rings. The summed E-state index contributed by atoms with van der Waals surface area (Å²) in [6.07, 6.45) is 3.90. The first-order valence-corrected chi connectivity index (χ1v) is 8.89. The van der Waals surface area contributed by atoms with Crippen LogP contribution in [0.4, 0.5) is 5.95 Å². The summed E-state index contributed by atoms with van der Waals surface area (Å²) in [5.74, 6) is 1.03. The highest BCUT2D eigenvalue weighted by atomic mass is 35.5. The Balaban J connectivity index is 2.03. The third-order valence-corrected chi connectivity index (χ3v) is 4.87. The predicted octanol–water partition coefficient (Wildman–Crippen LogP) is 3.59. The van der Waals surface area contributed by atoms with Crippen molar-refractivity contribution >= 4 is 23.5 Å². The number of piperidine rings is 1. The van der Waals surface area contributed by atoms with E-state index in [-0.39, 0.29) is 11.8 Å². The van der Waals surface area contributed by atoms with Crippen LogP contribution in [0.5, 0.6) is 0 Å². The number of anilines is 1. The molecule has 2 heterocycles. The Labute approximate surface area is 153 Å². The molecule has 1 aromatic carbocycles. The number of likely N-dealkylation sites (tertiary alicyclic amines) is 1. The Morgan fingerprint density at radius 1 is 1.28 bits per heavy atom. The van der Waals surface area contributed by atoms with E-state index in [1.165, 1.54) is 0 Å². The number of aromatic nitrogens is 2. The van der Waals surface area contributed by atoms with Crippen molar-refractivity contribution in [3.05, 3.63) is 41.2 Å². The molecule has 1 atom stereocenters. The Hall–Kier alpha value is -2.14. The van der Waals surface area contributed by atoms with E-state index in [9.17, 15) is 4.79 Å². The van der Waals surface area contributed by atoms with Crippen molar-refractivity contribution in [2.24, 2.45) is 0 Å². The molecule has 6 heteroatoms. The number of benzene rings is 1. The number of carbonyl (C=O) groups excluding carboxylic acids is 1. The zero-order valence-electron chi connectivity index (χ0n) is 14.9. The molecule has 0 N–H and O–H groups in total. The SMILES string of the molecule is CC(=O)N1CCC[C@H](c2nc(N(C)C)ncc2-c2ccc(Cl)cc2)C1. The van der Waals surface area contributed by atoms with E-state index in [0.717, 1.165) is 36.2 Å². The smallest absolute Gasteiger partial charge is 0.225 e. The molecule has 1 aliphatic heterocycles. The fourth-order valence-electron chi connectivity index (χ4n) is 3.25. The summed E-state index contributed by atoms with van der Waals surface area (Å²) in [6, 6.07) is 7.74. The first-order chi connectivity index (χ1) is 12.0. The molecule has 0 unspecified atom stereocenters. The van der Waals surface area contributed by atoms with Gasteiger partial charge in [-0.3, -0.25) is 4.79 Å². The minimum absolute atomic E-state index is 0.125. The van der Waals surface area contributed by atoms with Crippen LogP contribution in [-0.4, -0.2) is 48.0 Å². The second-order valence-electron chi connectivity index (χ2n) is 6.67. The highest BCUT2D eigenvalue weighted by Gasteiger charge is 2.27. The fourth-order valence-corrected chi connectivity index (χ4v) is 3.38.